The Morgan fingerprint density at radius 2 is 1.78 bits per heavy atom. The Morgan fingerprint density at radius 3 is 2.33 bits per heavy atom. The summed E-state index contributed by atoms with van der Waals surface area (Å²) in [7, 11) is -1.03. The average Bonchev–Trinajstić information content (AvgIpc) is 2.84. The van der Waals surface area contributed by atoms with E-state index in [1.807, 2.05) is 13.8 Å². The molecule has 2 rings (SSSR count). The fraction of sp³-hybridized carbons (Fsp3) is 0.440. The Hall–Kier alpha value is -2.98. The molecule has 9 nitrogen and oxygen atoms in total. The Balaban J connectivity index is 2.46. The number of ether oxygens (including phenoxy) is 2. The summed E-state index contributed by atoms with van der Waals surface area (Å²) in [5.41, 5.74) is 0.875. The predicted molar refractivity (Wildman–Crippen MR) is 141 cm³/mol. The van der Waals surface area contributed by atoms with Crippen molar-refractivity contribution in [2.24, 2.45) is 0 Å². The minimum absolute atomic E-state index is 0.0613. The maximum absolute atomic E-state index is 13.6. The molecule has 0 aliphatic carbocycles. The maximum atomic E-state index is 13.6. The first-order valence-electron chi connectivity index (χ1n) is 11.4. The number of carbonyl (C=O) groups is 2. The third-order valence-corrected chi connectivity index (χ3v) is 7.11. The van der Waals surface area contributed by atoms with E-state index in [4.69, 9.17) is 21.1 Å². The lowest BCUT2D eigenvalue weighted by molar-refractivity contribution is -0.139. The van der Waals surface area contributed by atoms with Crippen LogP contribution in [0.25, 0.3) is 0 Å². The smallest absolute Gasteiger partial charge is 0.244 e. The lowest BCUT2D eigenvalue weighted by Gasteiger charge is -2.32. The van der Waals surface area contributed by atoms with Crippen LogP contribution in [-0.2, 0) is 26.2 Å². The molecule has 0 spiro atoms. The Bertz CT molecular complexity index is 1170. The zero-order valence-corrected chi connectivity index (χ0v) is 23.0. The van der Waals surface area contributed by atoms with Crippen molar-refractivity contribution >= 4 is 39.1 Å². The first kappa shape index (κ1) is 29.3. The van der Waals surface area contributed by atoms with Gasteiger partial charge in [0.05, 0.1) is 26.2 Å². The summed E-state index contributed by atoms with van der Waals surface area (Å²) in [6.07, 6.45) is 1.73. The van der Waals surface area contributed by atoms with Gasteiger partial charge in [-0.05, 0) is 50.1 Å². The van der Waals surface area contributed by atoms with Crippen LogP contribution >= 0.6 is 11.6 Å². The van der Waals surface area contributed by atoms with E-state index in [-0.39, 0.29) is 29.9 Å². The maximum Gasteiger partial charge on any atom is 0.244 e. The van der Waals surface area contributed by atoms with Crippen LogP contribution in [0.2, 0.25) is 5.02 Å². The minimum atomic E-state index is -3.90. The molecular weight excluding hydrogens is 506 g/mol. The molecule has 0 bridgehead atoms. The molecule has 0 fully saturated rings. The van der Waals surface area contributed by atoms with Gasteiger partial charge in [0, 0.05) is 23.7 Å². The number of amides is 2. The van der Waals surface area contributed by atoms with Crippen molar-refractivity contribution in [1.29, 1.82) is 0 Å². The van der Waals surface area contributed by atoms with Gasteiger partial charge >= 0.3 is 0 Å². The van der Waals surface area contributed by atoms with Gasteiger partial charge in [-0.15, -0.1) is 0 Å². The molecule has 0 heterocycles. The van der Waals surface area contributed by atoms with Crippen LogP contribution in [0, 0.1) is 0 Å². The lowest BCUT2D eigenvalue weighted by Crippen LogP contribution is -2.52. The number of hydrogen-bond donors (Lipinski definition) is 1. The number of nitrogens with zero attached hydrogens (tertiary/aromatic N) is 2. The SMILES string of the molecule is CC[C@@H](C)NC(=O)[C@H](C)N(Cc1cccc(Cl)c1)C(=O)CN(c1ccc(OC)cc1OC)S(C)(=O)=O. The molecule has 0 saturated carbocycles. The fourth-order valence-electron chi connectivity index (χ4n) is 3.47. The summed E-state index contributed by atoms with van der Waals surface area (Å²) in [5, 5.41) is 3.37. The second-order valence-electron chi connectivity index (χ2n) is 8.45. The monoisotopic (exact) mass is 539 g/mol. The molecule has 198 valence electrons. The topological polar surface area (TPSA) is 105 Å². The van der Waals surface area contributed by atoms with Crippen molar-refractivity contribution in [2.45, 2.75) is 45.8 Å². The van der Waals surface area contributed by atoms with Gasteiger partial charge in [-0.2, -0.15) is 0 Å². The minimum Gasteiger partial charge on any atom is -0.497 e. The number of rotatable bonds is 12. The second-order valence-corrected chi connectivity index (χ2v) is 10.8. The molecule has 0 aliphatic rings. The molecular formula is C25H34ClN3O6S. The molecule has 36 heavy (non-hydrogen) atoms. The summed E-state index contributed by atoms with van der Waals surface area (Å²) < 4.78 is 37.1. The van der Waals surface area contributed by atoms with Gasteiger partial charge < -0.3 is 19.7 Å². The lowest BCUT2D eigenvalue weighted by atomic mass is 10.1. The number of carbonyl (C=O) groups excluding carboxylic acids is 2. The number of sulfonamides is 1. The highest BCUT2D eigenvalue weighted by Crippen LogP contribution is 2.33. The number of anilines is 1. The average molecular weight is 540 g/mol. The molecule has 2 atom stereocenters. The van der Waals surface area contributed by atoms with Gasteiger partial charge in [0.1, 0.15) is 24.1 Å². The van der Waals surface area contributed by atoms with E-state index in [9.17, 15) is 18.0 Å². The van der Waals surface area contributed by atoms with E-state index >= 15 is 0 Å². The number of methoxy groups -OCH3 is 2. The van der Waals surface area contributed by atoms with Crippen LogP contribution in [0.1, 0.15) is 32.8 Å². The van der Waals surface area contributed by atoms with E-state index in [2.05, 4.69) is 5.32 Å². The third kappa shape index (κ3) is 7.76. The number of halogens is 1. The van der Waals surface area contributed by atoms with E-state index in [0.717, 1.165) is 17.0 Å². The normalized spacial score (nSPS) is 12.9. The van der Waals surface area contributed by atoms with Gasteiger partial charge in [0.25, 0.3) is 0 Å². The summed E-state index contributed by atoms with van der Waals surface area (Å²) in [6, 6.07) is 10.6. The molecule has 0 aliphatic heterocycles. The van der Waals surface area contributed by atoms with Crippen LogP contribution in [0.5, 0.6) is 11.5 Å². The van der Waals surface area contributed by atoms with Crippen molar-refractivity contribution in [3.8, 4) is 11.5 Å². The summed E-state index contributed by atoms with van der Waals surface area (Å²) in [5.74, 6) is -0.220. The summed E-state index contributed by atoms with van der Waals surface area (Å²) in [4.78, 5) is 27.9. The zero-order chi connectivity index (χ0) is 27.0. The Labute approximate surface area is 218 Å². The summed E-state index contributed by atoms with van der Waals surface area (Å²) >= 11 is 6.13. The van der Waals surface area contributed by atoms with Gasteiger partial charge in [-0.25, -0.2) is 8.42 Å². The first-order chi connectivity index (χ1) is 16.9. The molecule has 2 aromatic rings. The van der Waals surface area contributed by atoms with Crippen molar-refractivity contribution in [2.75, 3.05) is 31.3 Å². The molecule has 0 aromatic heterocycles. The standard InChI is InChI=1S/C25H34ClN3O6S/c1-7-17(2)27-25(31)18(3)28(15-19-9-8-10-20(26)13-19)24(30)16-29(36(6,32)33)22-12-11-21(34-4)14-23(22)35-5/h8-14,17-18H,7,15-16H2,1-6H3,(H,27,31)/t17-,18+/m1/s1. The van der Waals surface area contributed by atoms with Gasteiger partial charge in [-0.1, -0.05) is 30.7 Å². The number of benzene rings is 2. The van der Waals surface area contributed by atoms with Crippen molar-refractivity contribution in [3.63, 3.8) is 0 Å². The highest BCUT2D eigenvalue weighted by molar-refractivity contribution is 7.92. The van der Waals surface area contributed by atoms with Crippen LogP contribution in [0.4, 0.5) is 5.69 Å². The highest BCUT2D eigenvalue weighted by Gasteiger charge is 2.31. The molecule has 1 N–H and O–H groups in total. The largest absolute Gasteiger partial charge is 0.497 e. The van der Waals surface area contributed by atoms with E-state index in [0.29, 0.717) is 16.3 Å². The van der Waals surface area contributed by atoms with Gasteiger partial charge in [-0.3, -0.25) is 13.9 Å². The predicted octanol–water partition coefficient (Wildman–Crippen LogP) is 3.46. The van der Waals surface area contributed by atoms with E-state index < -0.39 is 28.5 Å². The fourth-order valence-corrected chi connectivity index (χ4v) is 4.53. The van der Waals surface area contributed by atoms with Crippen LogP contribution in [-0.4, -0.2) is 64.2 Å². The highest BCUT2D eigenvalue weighted by atomic mass is 35.5. The Morgan fingerprint density at radius 1 is 1.08 bits per heavy atom. The zero-order valence-electron chi connectivity index (χ0n) is 21.4. The number of hydrogen-bond acceptors (Lipinski definition) is 6. The van der Waals surface area contributed by atoms with E-state index in [1.54, 1.807) is 37.3 Å². The molecule has 0 saturated heterocycles. The van der Waals surface area contributed by atoms with Gasteiger partial charge in [0.2, 0.25) is 21.8 Å². The third-order valence-electron chi connectivity index (χ3n) is 5.75. The Kier molecular flexibility index (Phi) is 10.4. The quantitative estimate of drug-likeness (QED) is 0.443. The van der Waals surface area contributed by atoms with Crippen LogP contribution in [0.15, 0.2) is 42.5 Å². The molecule has 0 unspecified atom stereocenters. The van der Waals surface area contributed by atoms with Crippen LogP contribution in [0.3, 0.4) is 0 Å². The van der Waals surface area contributed by atoms with Crippen molar-refractivity contribution < 1.29 is 27.5 Å². The van der Waals surface area contributed by atoms with Gasteiger partial charge in [0.15, 0.2) is 0 Å². The molecule has 11 heteroatoms. The van der Waals surface area contributed by atoms with Crippen molar-refractivity contribution in [1.82, 2.24) is 10.2 Å². The molecule has 2 aromatic carbocycles. The molecule has 2 amide bonds. The number of nitrogens with one attached hydrogen (secondary N) is 1. The van der Waals surface area contributed by atoms with Crippen molar-refractivity contribution in [3.05, 3.63) is 53.1 Å². The summed E-state index contributed by atoms with van der Waals surface area (Å²) in [6.45, 7) is 4.94. The molecule has 0 radical (unpaired) electrons. The van der Waals surface area contributed by atoms with Crippen LogP contribution < -0.4 is 19.1 Å². The second kappa shape index (κ2) is 12.8. The van der Waals surface area contributed by atoms with E-state index in [1.165, 1.54) is 31.3 Å². The first-order valence-corrected chi connectivity index (χ1v) is 13.7.